The molecule has 0 unspecified atom stereocenters. The molecule has 0 aliphatic rings. The van der Waals surface area contributed by atoms with E-state index < -0.39 is 6.03 Å². The Kier molecular flexibility index (Phi) is 4.56. The summed E-state index contributed by atoms with van der Waals surface area (Å²) in [6.07, 6.45) is 0. The van der Waals surface area contributed by atoms with Crippen LogP contribution in [0.15, 0.2) is 53.5 Å². The average Bonchev–Trinajstić information content (AvgIpc) is 2.44. The first-order chi connectivity index (χ1) is 10.1. The van der Waals surface area contributed by atoms with Crippen molar-refractivity contribution in [1.82, 2.24) is 5.32 Å². The van der Waals surface area contributed by atoms with Gasteiger partial charge in [0.25, 0.3) is 0 Å². The molecule has 0 spiro atoms. The van der Waals surface area contributed by atoms with Crippen molar-refractivity contribution in [3.8, 4) is 0 Å². The fraction of sp³-hybridized carbons (Fsp3) is 0.125. The van der Waals surface area contributed by atoms with Crippen molar-refractivity contribution in [3.05, 3.63) is 59.7 Å². The molecule has 21 heavy (non-hydrogen) atoms. The number of amides is 2. The lowest BCUT2D eigenvalue weighted by Crippen LogP contribution is -2.39. The molecule has 5 nitrogen and oxygen atoms in total. The number of urea groups is 1. The molecule has 0 atom stereocenters. The maximum Gasteiger partial charge on any atom is 0.326 e. The van der Waals surface area contributed by atoms with E-state index >= 15 is 0 Å². The second-order valence-corrected chi connectivity index (χ2v) is 4.68. The number of aryl methyl sites for hydroxylation is 2. The van der Waals surface area contributed by atoms with Crippen molar-refractivity contribution in [3.63, 3.8) is 0 Å². The van der Waals surface area contributed by atoms with Crippen LogP contribution < -0.4 is 16.4 Å². The lowest BCUT2D eigenvalue weighted by molar-refractivity contribution is 0.256. The number of guanidine groups is 1. The van der Waals surface area contributed by atoms with Gasteiger partial charge in [-0.3, -0.25) is 5.32 Å². The van der Waals surface area contributed by atoms with Crippen molar-refractivity contribution in [1.29, 1.82) is 0 Å². The summed E-state index contributed by atoms with van der Waals surface area (Å²) in [6.45, 7) is 3.87. The SMILES string of the molecule is Cc1cccc(C)c1NC(=O)NC(N)=Nc1ccccc1. The normalized spacial score (nSPS) is 11.0. The first kappa shape index (κ1) is 14.6. The van der Waals surface area contributed by atoms with E-state index in [2.05, 4.69) is 15.6 Å². The third-order valence-electron chi connectivity index (χ3n) is 2.97. The fourth-order valence-corrected chi connectivity index (χ4v) is 1.94. The van der Waals surface area contributed by atoms with Crippen molar-refractivity contribution >= 4 is 23.4 Å². The van der Waals surface area contributed by atoms with Crippen LogP contribution in [0.5, 0.6) is 0 Å². The number of aliphatic imine (C=N–C) groups is 1. The quantitative estimate of drug-likeness (QED) is 0.584. The zero-order chi connectivity index (χ0) is 15.2. The molecule has 2 amide bonds. The average molecular weight is 282 g/mol. The maximum atomic E-state index is 11.9. The van der Waals surface area contributed by atoms with Crippen LogP contribution in [0.25, 0.3) is 0 Å². The van der Waals surface area contributed by atoms with Crippen LogP contribution in [0.4, 0.5) is 16.2 Å². The molecule has 0 saturated carbocycles. The van der Waals surface area contributed by atoms with Gasteiger partial charge in [-0.2, -0.15) is 0 Å². The summed E-state index contributed by atoms with van der Waals surface area (Å²) in [5.74, 6) is 0.0462. The van der Waals surface area contributed by atoms with Crippen LogP contribution in [-0.2, 0) is 0 Å². The smallest absolute Gasteiger partial charge is 0.326 e. The summed E-state index contributed by atoms with van der Waals surface area (Å²) in [6, 6.07) is 14.6. The molecule has 0 fully saturated rings. The molecule has 0 aliphatic heterocycles. The number of hydrogen-bond donors (Lipinski definition) is 3. The van der Waals surface area contributed by atoms with Gasteiger partial charge in [0.05, 0.1) is 5.69 Å². The van der Waals surface area contributed by atoms with E-state index in [0.29, 0.717) is 5.69 Å². The molecule has 0 radical (unpaired) electrons. The van der Waals surface area contributed by atoms with Crippen LogP contribution >= 0.6 is 0 Å². The van der Waals surface area contributed by atoms with Gasteiger partial charge in [0.1, 0.15) is 0 Å². The minimum Gasteiger partial charge on any atom is -0.369 e. The molecular weight excluding hydrogens is 264 g/mol. The summed E-state index contributed by atoms with van der Waals surface area (Å²) in [7, 11) is 0. The van der Waals surface area contributed by atoms with Gasteiger partial charge in [0, 0.05) is 5.69 Å². The first-order valence-corrected chi connectivity index (χ1v) is 6.59. The Morgan fingerprint density at radius 3 is 2.24 bits per heavy atom. The number of nitrogens with two attached hydrogens (primary N) is 1. The Morgan fingerprint density at radius 2 is 1.62 bits per heavy atom. The van der Waals surface area contributed by atoms with E-state index in [1.165, 1.54) is 0 Å². The van der Waals surface area contributed by atoms with Gasteiger partial charge in [0.15, 0.2) is 0 Å². The van der Waals surface area contributed by atoms with Gasteiger partial charge in [-0.05, 0) is 37.1 Å². The van der Waals surface area contributed by atoms with Gasteiger partial charge >= 0.3 is 6.03 Å². The van der Waals surface area contributed by atoms with E-state index in [9.17, 15) is 4.79 Å². The lowest BCUT2D eigenvalue weighted by atomic mass is 10.1. The highest BCUT2D eigenvalue weighted by Crippen LogP contribution is 2.19. The summed E-state index contributed by atoms with van der Waals surface area (Å²) in [5, 5.41) is 5.29. The number of carbonyl (C=O) groups is 1. The highest BCUT2D eigenvalue weighted by atomic mass is 16.2. The Morgan fingerprint density at radius 1 is 1.00 bits per heavy atom. The van der Waals surface area contributed by atoms with Crippen molar-refractivity contribution < 1.29 is 4.79 Å². The Labute approximate surface area is 123 Å². The second kappa shape index (κ2) is 6.56. The molecule has 2 aromatic rings. The summed E-state index contributed by atoms with van der Waals surface area (Å²) in [5.41, 5.74) is 9.16. The van der Waals surface area contributed by atoms with E-state index in [1.807, 2.05) is 50.2 Å². The maximum absolute atomic E-state index is 11.9. The zero-order valence-electron chi connectivity index (χ0n) is 12.1. The molecule has 108 valence electrons. The highest BCUT2D eigenvalue weighted by Gasteiger charge is 2.07. The number of nitrogens with one attached hydrogen (secondary N) is 2. The van der Waals surface area contributed by atoms with Gasteiger partial charge in [-0.15, -0.1) is 0 Å². The molecular formula is C16H18N4O. The summed E-state index contributed by atoms with van der Waals surface area (Å²) in [4.78, 5) is 16.0. The Bertz CT molecular complexity index is 645. The molecule has 4 N–H and O–H groups in total. The molecule has 5 heteroatoms. The number of carbonyl (C=O) groups excluding carboxylic acids is 1. The van der Waals surface area contributed by atoms with Crippen LogP contribution in [0.3, 0.4) is 0 Å². The van der Waals surface area contributed by atoms with Crippen LogP contribution in [-0.4, -0.2) is 12.0 Å². The van der Waals surface area contributed by atoms with Crippen molar-refractivity contribution in [2.45, 2.75) is 13.8 Å². The predicted octanol–water partition coefficient (Wildman–Crippen LogP) is 3.07. The van der Waals surface area contributed by atoms with Crippen LogP contribution in [0.2, 0.25) is 0 Å². The fourth-order valence-electron chi connectivity index (χ4n) is 1.94. The largest absolute Gasteiger partial charge is 0.369 e. The summed E-state index contributed by atoms with van der Waals surface area (Å²) >= 11 is 0. The van der Waals surface area contributed by atoms with E-state index in [4.69, 9.17) is 5.73 Å². The van der Waals surface area contributed by atoms with Crippen molar-refractivity contribution in [2.75, 3.05) is 5.32 Å². The molecule has 0 heterocycles. The number of rotatable bonds is 2. The van der Waals surface area contributed by atoms with Gasteiger partial charge in [-0.1, -0.05) is 36.4 Å². The zero-order valence-corrected chi connectivity index (χ0v) is 12.1. The molecule has 0 bridgehead atoms. The molecule has 0 aromatic heterocycles. The molecule has 0 aliphatic carbocycles. The standard InChI is InChI=1S/C16H18N4O/c1-11-7-6-8-12(2)14(11)19-16(21)20-15(17)18-13-9-4-3-5-10-13/h3-10H,1-2H3,(H4,17,18,19,20,21). The van der Waals surface area contributed by atoms with Crippen LogP contribution in [0, 0.1) is 13.8 Å². The number of hydrogen-bond acceptors (Lipinski definition) is 2. The highest BCUT2D eigenvalue weighted by molar-refractivity contribution is 6.03. The second-order valence-electron chi connectivity index (χ2n) is 4.68. The third kappa shape index (κ3) is 4.07. The monoisotopic (exact) mass is 282 g/mol. The van der Waals surface area contributed by atoms with E-state index in [0.717, 1.165) is 16.8 Å². The van der Waals surface area contributed by atoms with E-state index in [-0.39, 0.29) is 5.96 Å². The lowest BCUT2D eigenvalue weighted by Gasteiger charge is -2.12. The molecule has 2 aromatic carbocycles. The third-order valence-corrected chi connectivity index (χ3v) is 2.97. The number of para-hydroxylation sites is 2. The van der Waals surface area contributed by atoms with Crippen LogP contribution in [0.1, 0.15) is 11.1 Å². The van der Waals surface area contributed by atoms with E-state index in [1.54, 1.807) is 12.1 Å². The summed E-state index contributed by atoms with van der Waals surface area (Å²) < 4.78 is 0. The van der Waals surface area contributed by atoms with Gasteiger partial charge < -0.3 is 11.1 Å². The Balaban J connectivity index is 2.04. The van der Waals surface area contributed by atoms with Gasteiger partial charge in [-0.25, -0.2) is 9.79 Å². The number of nitrogens with zero attached hydrogens (tertiary/aromatic N) is 1. The molecule has 2 rings (SSSR count). The minimum atomic E-state index is -0.412. The first-order valence-electron chi connectivity index (χ1n) is 6.59. The minimum absolute atomic E-state index is 0.0462. The topological polar surface area (TPSA) is 79.5 Å². The van der Waals surface area contributed by atoms with Crippen molar-refractivity contribution in [2.24, 2.45) is 10.7 Å². The number of benzene rings is 2. The van der Waals surface area contributed by atoms with Gasteiger partial charge in [0.2, 0.25) is 5.96 Å². The predicted molar refractivity (Wildman–Crippen MR) is 85.8 cm³/mol. The molecule has 0 saturated heterocycles. The number of anilines is 1. The Hall–Kier alpha value is -2.82.